The second kappa shape index (κ2) is 5.20. The molecule has 1 rings (SSSR count). The molecule has 7 heteroatoms. The molecule has 0 aromatic rings. The van der Waals surface area contributed by atoms with Gasteiger partial charge in [-0.2, -0.15) is 13.2 Å². The Labute approximate surface area is 90.3 Å². The lowest BCUT2D eigenvalue weighted by molar-refractivity contribution is -0.0959. The van der Waals surface area contributed by atoms with E-state index in [-0.39, 0.29) is 32.7 Å². The van der Waals surface area contributed by atoms with Gasteiger partial charge < -0.3 is 14.7 Å². The summed E-state index contributed by atoms with van der Waals surface area (Å²) in [7, 11) is 0. The summed E-state index contributed by atoms with van der Waals surface area (Å²) in [5.41, 5.74) is -0.612. The van der Waals surface area contributed by atoms with E-state index in [1.165, 1.54) is 0 Å². The van der Waals surface area contributed by atoms with Crippen LogP contribution in [0.3, 0.4) is 0 Å². The van der Waals surface area contributed by atoms with Crippen LogP contribution in [0.5, 0.6) is 0 Å². The van der Waals surface area contributed by atoms with Crippen molar-refractivity contribution in [2.75, 3.05) is 26.3 Å². The van der Waals surface area contributed by atoms with Gasteiger partial charge in [0.1, 0.15) is 6.61 Å². The number of aliphatic hydroxyl groups excluding tert-OH is 1. The van der Waals surface area contributed by atoms with E-state index in [0.29, 0.717) is 0 Å². The van der Waals surface area contributed by atoms with Crippen LogP contribution in [-0.4, -0.2) is 48.6 Å². The van der Waals surface area contributed by atoms with Crippen molar-refractivity contribution in [1.82, 2.24) is 4.90 Å². The number of alkyl halides is 3. The molecule has 0 aromatic heterocycles. The van der Waals surface area contributed by atoms with E-state index in [0.717, 1.165) is 11.0 Å². The molecule has 0 spiro atoms. The zero-order valence-corrected chi connectivity index (χ0v) is 8.46. The van der Waals surface area contributed by atoms with Crippen molar-refractivity contribution in [3.8, 4) is 0 Å². The van der Waals surface area contributed by atoms with Gasteiger partial charge in [-0.3, -0.25) is 0 Å². The van der Waals surface area contributed by atoms with Gasteiger partial charge in [0.15, 0.2) is 0 Å². The molecule has 0 bridgehead atoms. The molecule has 0 aliphatic carbocycles. The van der Waals surface area contributed by atoms with E-state index in [2.05, 4.69) is 4.74 Å². The molecule has 1 aliphatic heterocycles. The van der Waals surface area contributed by atoms with Crippen LogP contribution in [0.4, 0.5) is 18.0 Å². The van der Waals surface area contributed by atoms with E-state index < -0.39 is 17.8 Å². The molecule has 92 valence electrons. The third-order valence-electron chi connectivity index (χ3n) is 2.15. The summed E-state index contributed by atoms with van der Waals surface area (Å²) >= 11 is 0. The van der Waals surface area contributed by atoms with Crippen molar-refractivity contribution in [1.29, 1.82) is 0 Å². The Morgan fingerprint density at radius 1 is 1.56 bits per heavy atom. The maximum Gasteiger partial charge on any atom is 0.412 e. The van der Waals surface area contributed by atoms with E-state index in [4.69, 9.17) is 5.11 Å². The van der Waals surface area contributed by atoms with E-state index >= 15 is 0 Å². The third-order valence-corrected chi connectivity index (χ3v) is 2.15. The van der Waals surface area contributed by atoms with Crippen LogP contribution in [0.2, 0.25) is 0 Å². The monoisotopic (exact) mass is 239 g/mol. The normalized spacial score (nSPS) is 17.0. The number of nitrogens with zero attached hydrogens (tertiary/aromatic N) is 1. The second-order valence-corrected chi connectivity index (χ2v) is 3.26. The second-order valence-electron chi connectivity index (χ2n) is 3.26. The maximum atomic E-state index is 12.2. The molecule has 0 radical (unpaired) electrons. The Morgan fingerprint density at radius 2 is 2.25 bits per heavy atom. The smallest absolute Gasteiger partial charge is 0.412 e. The lowest BCUT2D eigenvalue weighted by atomic mass is 10.1. The maximum absolute atomic E-state index is 12.2. The third kappa shape index (κ3) is 3.41. The van der Waals surface area contributed by atoms with Crippen molar-refractivity contribution in [3.63, 3.8) is 0 Å². The molecule has 0 unspecified atom stereocenters. The molecule has 0 saturated heterocycles. The van der Waals surface area contributed by atoms with Gasteiger partial charge in [-0.25, -0.2) is 4.79 Å². The standard InChI is InChI=1S/C9H12F3NO3/c10-9(11,12)7-1-3-13(4-2-7)8(15)16-6-5-14/h1,14H,2-6H2. The molecular weight excluding hydrogens is 227 g/mol. The van der Waals surface area contributed by atoms with Crippen LogP contribution in [0.1, 0.15) is 6.42 Å². The summed E-state index contributed by atoms with van der Waals surface area (Å²) in [4.78, 5) is 12.4. The fourth-order valence-electron chi connectivity index (χ4n) is 1.32. The number of aliphatic hydroxyl groups is 1. The SMILES string of the molecule is O=C(OCCO)N1CC=C(C(F)(F)F)CC1. The predicted octanol–water partition coefficient (Wildman–Crippen LogP) is 1.31. The first-order valence-electron chi connectivity index (χ1n) is 4.74. The summed E-state index contributed by atoms with van der Waals surface area (Å²) in [5.74, 6) is 0. The van der Waals surface area contributed by atoms with Crippen LogP contribution in [0.15, 0.2) is 11.6 Å². The van der Waals surface area contributed by atoms with Gasteiger partial charge in [0.05, 0.1) is 6.61 Å². The molecule has 16 heavy (non-hydrogen) atoms. The number of halogens is 3. The Balaban J connectivity index is 2.48. The zero-order chi connectivity index (χ0) is 12.2. The highest BCUT2D eigenvalue weighted by molar-refractivity contribution is 5.68. The molecule has 1 aliphatic rings. The van der Waals surface area contributed by atoms with Gasteiger partial charge in [-0.05, 0) is 6.42 Å². The van der Waals surface area contributed by atoms with E-state index in [1.807, 2.05) is 0 Å². The van der Waals surface area contributed by atoms with Crippen molar-refractivity contribution >= 4 is 6.09 Å². The molecule has 0 saturated carbocycles. The fourth-order valence-corrected chi connectivity index (χ4v) is 1.32. The summed E-state index contributed by atoms with van der Waals surface area (Å²) in [6.07, 6.45) is -4.27. The summed E-state index contributed by atoms with van der Waals surface area (Å²) in [6.45, 7) is -0.580. The minimum Gasteiger partial charge on any atom is -0.447 e. The largest absolute Gasteiger partial charge is 0.447 e. The highest BCUT2D eigenvalue weighted by Gasteiger charge is 2.35. The molecule has 4 nitrogen and oxygen atoms in total. The minimum atomic E-state index is -4.32. The summed E-state index contributed by atoms with van der Waals surface area (Å²) in [5, 5.41) is 8.41. The first-order chi connectivity index (χ1) is 7.45. The van der Waals surface area contributed by atoms with Crippen molar-refractivity contribution in [2.24, 2.45) is 0 Å². The van der Waals surface area contributed by atoms with Crippen LogP contribution in [-0.2, 0) is 4.74 Å². The Kier molecular flexibility index (Phi) is 4.17. The Bertz CT molecular complexity index is 288. The molecule has 0 aromatic carbocycles. The Morgan fingerprint density at radius 3 is 2.69 bits per heavy atom. The molecular formula is C9H12F3NO3. The molecule has 1 N–H and O–H groups in total. The Hall–Kier alpha value is -1.24. The van der Waals surface area contributed by atoms with Crippen molar-refractivity contribution < 1.29 is 27.8 Å². The topological polar surface area (TPSA) is 49.8 Å². The number of carbonyl (C=O) groups excluding carboxylic acids is 1. The molecule has 1 heterocycles. The lowest BCUT2D eigenvalue weighted by Crippen LogP contribution is -2.37. The molecule has 0 atom stereocenters. The number of ether oxygens (including phenoxy) is 1. The highest BCUT2D eigenvalue weighted by atomic mass is 19.4. The number of amides is 1. The molecule has 0 fully saturated rings. The minimum absolute atomic E-state index is 0.0182. The number of carbonyl (C=O) groups is 1. The van der Waals surface area contributed by atoms with Crippen molar-refractivity contribution in [3.05, 3.63) is 11.6 Å². The van der Waals surface area contributed by atoms with Crippen LogP contribution < -0.4 is 0 Å². The summed E-state index contributed by atoms with van der Waals surface area (Å²) < 4.78 is 41.3. The van der Waals surface area contributed by atoms with Gasteiger partial charge >= 0.3 is 12.3 Å². The van der Waals surface area contributed by atoms with Gasteiger partial charge in [0, 0.05) is 18.7 Å². The van der Waals surface area contributed by atoms with Crippen molar-refractivity contribution in [2.45, 2.75) is 12.6 Å². The fraction of sp³-hybridized carbons (Fsp3) is 0.667. The number of hydrogen-bond donors (Lipinski definition) is 1. The van der Waals surface area contributed by atoms with E-state index in [9.17, 15) is 18.0 Å². The van der Waals surface area contributed by atoms with E-state index in [1.54, 1.807) is 0 Å². The average molecular weight is 239 g/mol. The van der Waals surface area contributed by atoms with Crippen LogP contribution in [0.25, 0.3) is 0 Å². The highest BCUT2D eigenvalue weighted by Crippen LogP contribution is 2.30. The zero-order valence-electron chi connectivity index (χ0n) is 8.46. The number of hydrogen-bond acceptors (Lipinski definition) is 3. The molecule has 1 amide bonds. The quantitative estimate of drug-likeness (QED) is 0.739. The van der Waals surface area contributed by atoms with Gasteiger partial charge in [-0.1, -0.05) is 6.08 Å². The predicted molar refractivity (Wildman–Crippen MR) is 48.8 cm³/mol. The van der Waals surface area contributed by atoms with Gasteiger partial charge in [0.2, 0.25) is 0 Å². The summed E-state index contributed by atoms with van der Waals surface area (Å²) in [6, 6.07) is 0. The number of rotatable bonds is 2. The van der Waals surface area contributed by atoms with Gasteiger partial charge in [0.25, 0.3) is 0 Å². The van der Waals surface area contributed by atoms with Crippen LogP contribution >= 0.6 is 0 Å². The first-order valence-corrected chi connectivity index (χ1v) is 4.74. The average Bonchev–Trinajstić information content (AvgIpc) is 2.25. The first kappa shape index (κ1) is 12.8. The lowest BCUT2D eigenvalue weighted by Gasteiger charge is -2.26. The van der Waals surface area contributed by atoms with Crippen LogP contribution in [0, 0.1) is 0 Å². The van der Waals surface area contributed by atoms with Gasteiger partial charge in [-0.15, -0.1) is 0 Å².